The number of nitrogens with zero attached hydrogens (tertiary/aromatic N) is 3. The van der Waals surface area contributed by atoms with Crippen LogP contribution in [0.4, 0.5) is 17.2 Å². The molecule has 0 aliphatic carbocycles. The minimum atomic E-state index is 0.467. The molecule has 2 heterocycles. The van der Waals surface area contributed by atoms with Gasteiger partial charge in [0.25, 0.3) is 0 Å². The van der Waals surface area contributed by atoms with Crippen LogP contribution in [0.5, 0.6) is 5.75 Å². The van der Waals surface area contributed by atoms with Crippen molar-refractivity contribution in [3.05, 3.63) is 66.1 Å². The van der Waals surface area contributed by atoms with Crippen LogP contribution in [0.15, 0.2) is 55.0 Å². The summed E-state index contributed by atoms with van der Waals surface area (Å²) in [5, 5.41) is 10.8. The number of hydrogen-bond donors (Lipinski definition) is 3. The zero-order chi connectivity index (χ0) is 21.1. The quantitative estimate of drug-likeness (QED) is 0.320. The molecule has 0 saturated heterocycles. The first-order chi connectivity index (χ1) is 14.6. The fraction of sp³-hybridized carbons (Fsp3) is 0.136. The first-order valence-electron chi connectivity index (χ1n) is 9.30. The predicted molar refractivity (Wildman–Crippen MR) is 118 cm³/mol. The maximum absolute atomic E-state index is 7.42. The van der Waals surface area contributed by atoms with Gasteiger partial charge in [-0.3, -0.25) is 0 Å². The fourth-order valence-corrected chi connectivity index (χ4v) is 3.25. The van der Waals surface area contributed by atoms with Crippen LogP contribution in [0.25, 0.3) is 16.9 Å². The van der Waals surface area contributed by atoms with Crippen molar-refractivity contribution in [2.24, 2.45) is 0 Å². The van der Waals surface area contributed by atoms with Gasteiger partial charge in [-0.2, -0.15) is 0 Å². The topological polar surface area (TPSA) is 111 Å². The number of fused-ring (bicyclic) bond motifs is 1. The Morgan fingerprint density at radius 1 is 1.20 bits per heavy atom. The summed E-state index contributed by atoms with van der Waals surface area (Å²) in [6.45, 7) is 0.467. The van der Waals surface area contributed by atoms with Crippen molar-refractivity contribution in [2.75, 3.05) is 25.3 Å². The van der Waals surface area contributed by atoms with Gasteiger partial charge in [-0.15, -0.1) is 0 Å². The lowest BCUT2D eigenvalue weighted by atomic mass is 10.1. The second kappa shape index (κ2) is 8.22. The highest BCUT2D eigenvalue weighted by Gasteiger charge is 2.12. The van der Waals surface area contributed by atoms with E-state index in [0.29, 0.717) is 29.3 Å². The van der Waals surface area contributed by atoms with Crippen molar-refractivity contribution in [1.82, 2.24) is 14.4 Å². The molecule has 0 radical (unpaired) electrons. The Morgan fingerprint density at radius 3 is 2.80 bits per heavy atom. The summed E-state index contributed by atoms with van der Waals surface area (Å²) in [6.07, 6.45) is 6.72. The van der Waals surface area contributed by atoms with Gasteiger partial charge in [-0.05, 0) is 12.1 Å². The van der Waals surface area contributed by atoms with Crippen LogP contribution in [-0.4, -0.2) is 34.8 Å². The molecule has 2 aromatic carbocycles. The first kappa shape index (κ1) is 19.4. The Balaban J connectivity index is 1.75. The maximum atomic E-state index is 7.42. The van der Waals surface area contributed by atoms with Crippen LogP contribution < -0.4 is 15.8 Å². The average Bonchev–Trinajstić information content (AvgIpc) is 3.24. The molecule has 2 aromatic heterocycles. The second-order valence-corrected chi connectivity index (χ2v) is 6.71. The molecule has 8 nitrogen and oxygen atoms in total. The molecule has 0 bridgehead atoms. The Bertz CT molecular complexity index is 1220. The van der Waals surface area contributed by atoms with E-state index < -0.39 is 0 Å². The van der Waals surface area contributed by atoms with Crippen LogP contribution in [0.1, 0.15) is 11.1 Å². The van der Waals surface area contributed by atoms with E-state index in [1.54, 1.807) is 20.4 Å². The van der Waals surface area contributed by atoms with Gasteiger partial charge in [0.1, 0.15) is 5.75 Å². The van der Waals surface area contributed by atoms with E-state index in [0.717, 1.165) is 28.3 Å². The molecule has 0 aliphatic heterocycles. The molecule has 0 fully saturated rings. The van der Waals surface area contributed by atoms with Crippen LogP contribution >= 0.6 is 0 Å². The molecule has 0 aliphatic rings. The number of benzene rings is 2. The fourth-order valence-electron chi connectivity index (χ4n) is 3.25. The summed E-state index contributed by atoms with van der Waals surface area (Å²) < 4.78 is 12.6. The SMILES string of the molecule is COCc1ccc(Nc2nc(-c3ccc(C=N)c(N)c3)cn3ccnc23)cc1OC. The summed E-state index contributed by atoms with van der Waals surface area (Å²) in [5.41, 5.74) is 11.3. The van der Waals surface area contributed by atoms with Crippen LogP contribution in [0, 0.1) is 5.41 Å². The summed E-state index contributed by atoms with van der Waals surface area (Å²) in [7, 11) is 3.28. The minimum Gasteiger partial charge on any atom is -0.496 e. The van der Waals surface area contributed by atoms with Gasteiger partial charge in [0.15, 0.2) is 11.5 Å². The number of nitrogen functional groups attached to an aromatic ring is 1. The third-order valence-corrected chi connectivity index (χ3v) is 4.76. The third-order valence-electron chi connectivity index (χ3n) is 4.76. The summed E-state index contributed by atoms with van der Waals surface area (Å²) >= 11 is 0. The van der Waals surface area contributed by atoms with Crippen LogP contribution in [0.2, 0.25) is 0 Å². The number of imidazole rings is 1. The predicted octanol–water partition coefficient (Wildman–Crippen LogP) is 3.87. The highest BCUT2D eigenvalue weighted by atomic mass is 16.5. The molecule has 8 heteroatoms. The van der Waals surface area contributed by atoms with Crippen molar-refractivity contribution >= 4 is 29.1 Å². The van der Waals surface area contributed by atoms with E-state index in [9.17, 15) is 0 Å². The number of ether oxygens (including phenoxy) is 2. The Kier molecular flexibility index (Phi) is 5.32. The molecular formula is C22H22N6O2. The molecule has 30 heavy (non-hydrogen) atoms. The number of methoxy groups -OCH3 is 2. The van der Waals surface area contributed by atoms with Crippen LogP contribution in [-0.2, 0) is 11.3 Å². The van der Waals surface area contributed by atoms with Gasteiger partial charge in [0.2, 0.25) is 0 Å². The monoisotopic (exact) mass is 402 g/mol. The lowest BCUT2D eigenvalue weighted by molar-refractivity contribution is 0.181. The average molecular weight is 402 g/mol. The number of rotatable bonds is 7. The van der Waals surface area contributed by atoms with E-state index in [2.05, 4.69) is 10.3 Å². The molecule has 0 spiro atoms. The van der Waals surface area contributed by atoms with E-state index in [-0.39, 0.29) is 0 Å². The molecule has 0 amide bonds. The van der Waals surface area contributed by atoms with E-state index in [4.69, 9.17) is 25.6 Å². The second-order valence-electron chi connectivity index (χ2n) is 6.71. The van der Waals surface area contributed by atoms with Crippen LogP contribution in [0.3, 0.4) is 0 Å². The summed E-state index contributed by atoms with van der Waals surface area (Å²) in [6, 6.07) is 11.3. The molecule has 4 aromatic rings. The number of nitrogens with one attached hydrogen (secondary N) is 2. The lowest BCUT2D eigenvalue weighted by Gasteiger charge is -2.13. The Hall–Kier alpha value is -3.91. The van der Waals surface area contributed by atoms with Gasteiger partial charge < -0.3 is 30.3 Å². The Morgan fingerprint density at radius 2 is 2.07 bits per heavy atom. The standard InChI is InChI=1S/C22H22N6O2/c1-29-13-16-5-6-17(10-20(16)30-2)26-21-22-25-7-8-28(22)12-19(27-21)14-3-4-15(11-23)18(24)9-14/h3-12,23H,13,24H2,1-2H3,(H,26,27). The molecule has 0 unspecified atom stereocenters. The number of anilines is 3. The van der Waals surface area contributed by atoms with E-state index in [1.165, 1.54) is 6.21 Å². The third kappa shape index (κ3) is 3.68. The number of nitrogens with two attached hydrogens (primary N) is 1. The van der Waals surface area contributed by atoms with Crippen molar-refractivity contribution in [3.8, 4) is 17.0 Å². The van der Waals surface area contributed by atoms with Crippen molar-refractivity contribution in [3.63, 3.8) is 0 Å². The molecule has 0 atom stereocenters. The first-order valence-corrected chi connectivity index (χ1v) is 9.30. The molecular weight excluding hydrogens is 380 g/mol. The van der Waals surface area contributed by atoms with Crippen molar-refractivity contribution < 1.29 is 9.47 Å². The van der Waals surface area contributed by atoms with Crippen molar-refractivity contribution in [1.29, 1.82) is 5.41 Å². The highest BCUT2D eigenvalue weighted by Crippen LogP contribution is 2.29. The van der Waals surface area contributed by atoms with Gasteiger partial charge in [0, 0.05) is 66.0 Å². The largest absolute Gasteiger partial charge is 0.496 e. The maximum Gasteiger partial charge on any atom is 0.180 e. The summed E-state index contributed by atoms with van der Waals surface area (Å²) in [4.78, 5) is 9.19. The van der Waals surface area contributed by atoms with Gasteiger partial charge >= 0.3 is 0 Å². The lowest BCUT2D eigenvalue weighted by Crippen LogP contribution is -2.02. The van der Waals surface area contributed by atoms with Gasteiger partial charge in [-0.1, -0.05) is 18.2 Å². The molecule has 0 saturated carbocycles. The normalized spacial score (nSPS) is 10.9. The van der Waals surface area contributed by atoms with E-state index >= 15 is 0 Å². The highest BCUT2D eigenvalue weighted by molar-refractivity contribution is 5.87. The molecule has 152 valence electrons. The molecule has 4 rings (SSSR count). The van der Waals surface area contributed by atoms with Gasteiger partial charge in [-0.25, -0.2) is 9.97 Å². The minimum absolute atomic E-state index is 0.467. The van der Waals surface area contributed by atoms with Gasteiger partial charge in [0.05, 0.1) is 19.4 Å². The zero-order valence-corrected chi connectivity index (χ0v) is 16.7. The van der Waals surface area contributed by atoms with Crippen molar-refractivity contribution in [2.45, 2.75) is 6.61 Å². The zero-order valence-electron chi connectivity index (χ0n) is 16.7. The molecule has 4 N–H and O–H groups in total. The van der Waals surface area contributed by atoms with E-state index in [1.807, 2.05) is 53.2 Å². The number of hydrogen-bond acceptors (Lipinski definition) is 7. The Labute approximate surface area is 173 Å². The number of aromatic nitrogens is 3. The summed E-state index contributed by atoms with van der Waals surface area (Å²) in [5.74, 6) is 1.33. The smallest absolute Gasteiger partial charge is 0.180 e.